The van der Waals surface area contributed by atoms with Crippen LogP contribution in [0.2, 0.25) is 5.02 Å². The molecule has 1 aromatic heterocycles. The van der Waals surface area contributed by atoms with Gasteiger partial charge in [-0.2, -0.15) is 0 Å². The summed E-state index contributed by atoms with van der Waals surface area (Å²) in [5.41, 5.74) is 6.02. The number of aliphatic hydroxyl groups excluding tert-OH is 1. The molecule has 3 N–H and O–H groups in total. The van der Waals surface area contributed by atoms with E-state index >= 15 is 0 Å². The first-order chi connectivity index (χ1) is 9.38. The van der Waals surface area contributed by atoms with Crippen LogP contribution in [0.15, 0.2) is 18.3 Å². The lowest BCUT2D eigenvalue weighted by molar-refractivity contribution is -0.120. The van der Waals surface area contributed by atoms with E-state index in [0.717, 1.165) is 25.2 Å². The summed E-state index contributed by atoms with van der Waals surface area (Å²) < 4.78 is 0. The molecule has 6 heteroatoms. The van der Waals surface area contributed by atoms with Gasteiger partial charge in [0, 0.05) is 12.7 Å². The molecule has 1 amide bonds. The molecule has 5 nitrogen and oxygen atoms in total. The summed E-state index contributed by atoms with van der Waals surface area (Å²) in [6, 6.07) is 3.71. The van der Waals surface area contributed by atoms with E-state index in [1.807, 2.05) is 26.1 Å². The number of carbonyl (C=O) groups is 1. The van der Waals surface area contributed by atoms with Crippen molar-refractivity contribution in [3.05, 3.63) is 29.0 Å². The van der Waals surface area contributed by atoms with Gasteiger partial charge in [0.2, 0.25) is 5.91 Å². The fourth-order valence-corrected chi connectivity index (χ4v) is 1.99. The molecule has 112 valence electrons. The van der Waals surface area contributed by atoms with Crippen molar-refractivity contribution in [2.24, 2.45) is 11.7 Å². The molecule has 0 aliphatic rings. The molecule has 0 radical (unpaired) electrons. The number of hydrogen-bond donors (Lipinski definition) is 2. The molecule has 2 atom stereocenters. The van der Waals surface area contributed by atoms with E-state index in [2.05, 4.69) is 9.88 Å². The SMILES string of the molecule is C[C@H](CCN(C)Cc1ccc(Cl)cn1)[C@@H](O)CC(N)=O. The van der Waals surface area contributed by atoms with Gasteiger partial charge < -0.3 is 15.7 Å². The minimum Gasteiger partial charge on any atom is -0.392 e. The third-order valence-corrected chi connectivity index (χ3v) is 3.48. The van der Waals surface area contributed by atoms with Gasteiger partial charge in [-0.15, -0.1) is 0 Å². The zero-order valence-corrected chi connectivity index (χ0v) is 12.7. The summed E-state index contributed by atoms with van der Waals surface area (Å²) in [6.07, 6.45) is 1.76. The number of nitrogens with zero attached hydrogens (tertiary/aromatic N) is 2. The topological polar surface area (TPSA) is 79.4 Å². The smallest absolute Gasteiger partial charge is 0.220 e. The fourth-order valence-electron chi connectivity index (χ4n) is 1.88. The van der Waals surface area contributed by atoms with Crippen LogP contribution < -0.4 is 5.73 Å². The van der Waals surface area contributed by atoms with Gasteiger partial charge in [-0.1, -0.05) is 18.5 Å². The molecule has 1 aromatic rings. The quantitative estimate of drug-likeness (QED) is 0.761. The normalized spacial score (nSPS) is 14.2. The number of pyridine rings is 1. The van der Waals surface area contributed by atoms with Crippen LogP contribution in [0.5, 0.6) is 0 Å². The van der Waals surface area contributed by atoms with Crippen LogP contribution in [0.4, 0.5) is 0 Å². The molecule has 0 unspecified atom stereocenters. The maximum Gasteiger partial charge on any atom is 0.220 e. The molecule has 0 saturated carbocycles. The molecule has 20 heavy (non-hydrogen) atoms. The number of halogens is 1. The van der Waals surface area contributed by atoms with E-state index in [1.165, 1.54) is 0 Å². The van der Waals surface area contributed by atoms with E-state index in [9.17, 15) is 9.90 Å². The lowest BCUT2D eigenvalue weighted by atomic mass is 9.98. The molecule has 0 aliphatic heterocycles. The Hall–Kier alpha value is -1.17. The highest BCUT2D eigenvalue weighted by Gasteiger charge is 2.17. The highest BCUT2D eigenvalue weighted by atomic mass is 35.5. The lowest BCUT2D eigenvalue weighted by Gasteiger charge is -2.21. The van der Waals surface area contributed by atoms with Crippen molar-refractivity contribution in [2.45, 2.75) is 32.4 Å². The maximum atomic E-state index is 10.8. The first kappa shape index (κ1) is 16.9. The summed E-state index contributed by atoms with van der Waals surface area (Å²) in [7, 11) is 1.99. The van der Waals surface area contributed by atoms with Crippen LogP contribution in [0.3, 0.4) is 0 Å². The largest absolute Gasteiger partial charge is 0.392 e. The highest BCUT2D eigenvalue weighted by molar-refractivity contribution is 6.30. The van der Waals surface area contributed by atoms with E-state index in [0.29, 0.717) is 5.02 Å². The fraction of sp³-hybridized carbons (Fsp3) is 0.571. The van der Waals surface area contributed by atoms with Crippen molar-refractivity contribution in [3.8, 4) is 0 Å². The molecule has 0 saturated heterocycles. The second-order valence-electron chi connectivity index (χ2n) is 5.21. The molecule has 0 fully saturated rings. The van der Waals surface area contributed by atoms with Gasteiger partial charge in [0.25, 0.3) is 0 Å². The molecule has 0 aromatic carbocycles. The van der Waals surface area contributed by atoms with E-state index in [-0.39, 0.29) is 12.3 Å². The second kappa shape index (κ2) is 8.19. The monoisotopic (exact) mass is 299 g/mol. The highest BCUT2D eigenvalue weighted by Crippen LogP contribution is 2.13. The molecule has 0 bridgehead atoms. The lowest BCUT2D eigenvalue weighted by Crippen LogP contribution is -2.28. The van der Waals surface area contributed by atoms with Crippen LogP contribution >= 0.6 is 11.6 Å². The Morgan fingerprint density at radius 3 is 2.80 bits per heavy atom. The van der Waals surface area contributed by atoms with E-state index in [4.69, 9.17) is 17.3 Å². The Labute approximate surface area is 124 Å². The first-order valence-corrected chi connectivity index (χ1v) is 7.01. The number of nitrogens with two attached hydrogens (primary N) is 1. The van der Waals surface area contributed by atoms with Gasteiger partial charge in [0.15, 0.2) is 0 Å². The van der Waals surface area contributed by atoms with E-state index in [1.54, 1.807) is 6.20 Å². The predicted molar refractivity (Wildman–Crippen MR) is 79.2 cm³/mol. The number of amides is 1. The summed E-state index contributed by atoms with van der Waals surface area (Å²) in [5.74, 6) is -0.439. The second-order valence-corrected chi connectivity index (χ2v) is 5.65. The van der Waals surface area contributed by atoms with Gasteiger partial charge in [0.1, 0.15) is 0 Å². The number of hydrogen-bond acceptors (Lipinski definition) is 4. The van der Waals surface area contributed by atoms with Crippen LogP contribution in [0, 0.1) is 5.92 Å². The molecular formula is C14H22ClN3O2. The summed E-state index contributed by atoms with van der Waals surface area (Å²) in [6.45, 7) is 3.44. The molecule has 0 aliphatic carbocycles. The number of aromatic nitrogens is 1. The van der Waals surface area contributed by atoms with E-state index < -0.39 is 12.0 Å². The van der Waals surface area contributed by atoms with Crippen LogP contribution in [-0.4, -0.2) is 40.6 Å². The van der Waals surface area contributed by atoms with Crippen LogP contribution in [-0.2, 0) is 11.3 Å². The number of primary amides is 1. The zero-order valence-electron chi connectivity index (χ0n) is 11.9. The molecule has 1 heterocycles. The minimum absolute atomic E-state index is 0.0175. The number of rotatable bonds is 8. The predicted octanol–water partition coefficient (Wildman–Crippen LogP) is 1.43. The van der Waals surface area contributed by atoms with Gasteiger partial charge in [-0.25, -0.2) is 0 Å². The van der Waals surface area contributed by atoms with Crippen molar-refractivity contribution < 1.29 is 9.90 Å². The van der Waals surface area contributed by atoms with Gasteiger partial charge in [0.05, 0.1) is 23.2 Å². The summed E-state index contributed by atoms with van der Waals surface area (Å²) in [4.78, 5) is 17.1. The Balaban J connectivity index is 2.33. The Morgan fingerprint density at radius 1 is 1.55 bits per heavy atom. The van der Waals surface area contributed by atoms with Gasteiger partial charge in [-0.3, -0.25) is 9.78 Å². The van der Waals surface area contributed by atoms with Crippen LogP contribution in [0.1, 0.15) is 25.5 Å². The maximum absolute atomic E-state index is 10.8. The molecule has 1 rings (SSSR count). The minimum atomic E-state index is -0.672. The van der Waals surface area contributed by atoms with Crippen molar-refractivity contribution in [3.63, 3.8) is 0 Å². The average Bonchev–Trinajstić information content (AvgIpc) is 2.38. The standard InChI is InChI=1S/C14H22ClN3O2/c1-10(13(19)7-14(16)20)5-6-18(2)9-12-4-3-11(15)8-17-12/h3-4,8,10,13,19H,5-7,9H2,1-2H3,(H2,16,20)/t10-,13+/m1/s1. The summed E-state index contributed by atoms with van der Waals surface area (Å²) >= 11 is 5.79. The Morgan fingerprint density at radius 2 is 2.25 bits per heavy atom. The Kier molecular flexibility index (Phi) is 6.91. The average molecular weight is 300 g/mol. The van der Waals surface area contributed by atoms with Crippen molar-refractivity contribution in [1.82, 2.24) is 9.88 Å². The molecular weight excluding hydrogens is 278 g/mol. The third-order valence-electron chi connectivity index (χ3n) is 3.25. The number of carbonyl (C=O) groups excluding carboxylic acids is 1. The Bertz CT molecular complexity index is 425. The molecule has 0 spiro atoms. The van der Waals surface area contributed by atoms with Crippen LogP contribution in [0.25, 0.3) is 0 Å². The van der Waals surface area contributed by atoms with Gasteiger partial charge in [-0.05, 0) is 38.1 Å². The zero-order chi connectivity index (χ0) is 15.1. The third kappa shape index (κ3) is 6.32. The number of aliphatic hydroxyl groups is 1. The summed E-state index contributed by atoms with van der Waals surface area (Å²) in [5, 5.41) is 10.4. The first-order valence-electron chi connectivity index (χ1n) is 6.64. The van der Waals surface area contributed by atoms with Crippen molar-refractivity contribution in [1.29, 1.82) is 0 Å². The van der Waals surface area contributed by atoms with Crippen molar-refractivity contribution in [2.75, 3.05) is 13.6 Å². The van der Waals surface area contributed by atoms with Gasteiger partial charge >= 0.3 is 0 Å². The van der Waals surface area contributed by atoms with Crippen molar-refractivity contribution >= 4 is 17.5 Å².